The number of hydrogen-bond acceptors (Lipinski definition) is 12. The highest BCUT2D eigenvalue weighted by Crippen LogP contribution is 2.21. The zero-order valence-electron chi connectivity index (χ0n) is 19.8. The molecule has 33 heavy (non-hydrogen) atoms. The number of ether oxygens (including phenoxy) is 6. The van der Waals surface area contributed by atoms with Crippen molar-refractivity contribution in [3.63, 3.8) is 0 Å². The Balaban J connectivity index is 4.80. The first kappa shape index (κ1) is 29.8. The van der Waals surface area contributed by atoms with Crippen LogP contribution in [-0.2, 0) is 57.2 Å². The molecule has 0 amide bonds. The van der Waals surface area contributed by atoms with E-state index in [0.29, 0.717) is 0 Å². The molecular weight excluding hydrogens is 444 g/mol. The molecule has 0 radical (unpaired) electrons. The second kappa shape index (κ2) is 14.1. The lowest BCUT2D eigenvalue weighted by Gasteiger charge is -2.28. The van der Waals surface area contributed by atoms with Crippen LogP contribution >= 0.6 is 0 Å². The van der Waals surface area contributed by atoms with Crippen molar-refractivity contribution in [3.8, 4) is 0 Å². The average Bonchev–Trinajstić information content (AvgIpc) is 2.71. The quantitative estimate of drug-likeness (QED) is 0.197. The van der Waals surface area contributed by atoms with Gasteiger partial charge in [0, 0.05) is 27.7 Å². The molecule has 0 heterocycles. The van der Waals surface area contributed by atoms with Gasteiger partial charge in [0.2, 0.25) is 0 Å². The molecule has 0 fully saturated rings. The van der Waals surface area contributed by atoms with Gasteiger partial charge in [0.25, 0.3) is 0 Å². The van der Waals surface area contributed by atoms with E-state index in [1.54, 1.807) is 13.8 Å². The molecule has 0 N–H and O–H groups in total. The first-order valence-corrected chi connectivity index (χ1v) is 10.0. The van der Waals surface area contributed by atoms with Gasteiger partial charge in [0.15, 0.2) is 0 Å². The Bertz CT molecular complexity index is 631. The van der Waals surface area contributed by atoms with Gasteiger partial charge in [-0.2, -0.15) is 0 Å². The first-order chi connectivity index (χ1) is 15.2. The summed E-state index contributed by atoms with van der Waals surface area (Å²) in [5.41, 5.74) is -2.05. The Morgan fingerprint density at radius 3 is 0.879 bits per heavy atom. The van der Waals surface area contributed by atoms with Gasteiger partial charge in [-0.15, -0.1) is 0 Å². The van der Waals surface area contributed by atoms with E-state index in [1.165, 1.54) is 27.7 Å². The summed E-state index contributed by atoms with van der Waals surface area (Å²) in [6.07, 6.45) is -0.728. The van der Waals surface area contributed by atoms with Crippen LogP contribution in [0.2, 0.25) is 0 Å². The summed E-state index contributed by atoms with van der Waals surface area (Å²) < 4.78 is 29.8. The smallest absolute Gasteiger partial charge is 0.317 e. The fraction of sp³-hybridized carbons (Fsp3) is 0.714. The van der Waals surface area contributed by atoms with Crippen LogP contribution in [0.15, 0.2) is 0 Å². The summed E-state index contributed by atoms with van der Waals surface area (Å²) in [4.78, 5) is 68.4. The summed E-state index contributed by atoms with van der Waals surface area (Å²) in [7, 11) is 0. The standard InChI is InChI=1S/C21H32O12/c1-14(22)28-8-20(5,9-29-15(2)23)12-32-18(26)7-19(27)33-13-21(6,10-30-16(3)24)11-31-17(4)25/h7-13H2,1-6H3. The Hall–Kier alpha value is -3.18. The highest BCUT2D eigenvalue weighted by molar-refractivity contribution is 5.91. The van der Waals surface area contributed by atoms with E-state index < -0.39 is 53.1 Å². The summed E-state index contributed by atoms with van der Waals surface area (Å²) in [6, 6.07) is 0. The second-order valence-corrected chi connectivity index (χ2v) is 8.24. The highest BCUT2D eigenvalue weighted by Gasteiger charge is 2.32. The molecule has 0 aromatic heterocycles. The van der Waals surface area contributed by atoms with E-state index in [0.717, 1.165) is 0 Å². The topological polar surface area (TPSA) is 158 Å². The molecule has 0 saturated heterocycles. The molecule has 0 unspecified atom stereocenters. The summed E-state index contributed by atoms with van der Waals surface area (Å²) >= 11 is 0. The summed E-state index contributed by atoms with van der Waals surface area (Å²) in [5, 5.41) is 0. The monoisotopic (exact) mass is 476 g/mol. The minimum absolute atomic E-state index is 0.183. The molecule has 0 atom stereocenters. The van der Waals surface area contributed by atoms with Crippen molar-refractivity contribution in [1.29, 1.82) is 0 Å². The van der Waals surface area contributed by atoms with Crippen LogP contribution in [0.3, 0.4) is 0 Å². The van der Waals surface area contributed by atoms with Gasteiger partial charge in [-0.25, -0.2) is 0 Å². The van der Waals surface area contributed by atoms with Gasteiger partial charge < -0.3 is 28.4 Å². The highest BCUT2D eigenvalue weighted by atomic mass is 16.6. The molecule has 0 aliphatic carbocycles. The van der Waals surface area contributed by atoms with E-state index in [2.05, 4.69) is 0 Å². The fourth-order valence-electron chi connectivity index (χ4n) is 2.08. The maximum absolute atomic E-state index is 12.1. The molecule has 0 aromatic carbocycles. The predicted octanol–water partition coefficient (Wildman–Crippen LogP) is 0.728. The number of rotatable bonds is 14. The van der Waals surface area contributed by atoms with E-state index in [-0.39, 0.29) is 39.6 Å². The van der Waals surface area contributed by atoms with Crippen LogP contribution in [0.1, 0.15) is 48.0 Å². The van der Waals surface area contributed by atoms with Crippen molar-refractivity contribution in [3.05, 3.63) is 0 Å². The largest absolute Gasteiger partial charge is 0.465 e. The molecule has 0 saturated carbocycles. The van der Waals surface area contributed by atoms with Crippen molar-refractivity contribution in [2.45, 2.75) is 48.0 Å². The molecule has 0 aliphatic rings. The van der Waals surface area contributed by atoms with Crippen LogP contribution in [0.25, 0.3) is 0 Å². The van der Waals surface area contributed by atoms with Gasteiger partial charge in [-0.1, -0.05) is 0 Å². The van der Waals surface area contributed by atoms with Gasteiger partial charge in [0.1, 0.15) is 46.1 Å². The Morgan fingerprint density at radius 1 is 0.455 bits per heavy atom. The third kappa shape index (κ3) is 15.3. The average molecular weight is 476 g/mol. The van der Waals surface area contributed by atoms with Crippen LogP contribution in [0, 0.1) is 10.8 Å². The fourth-order valence-corrected chi connectivity index (χ4v) is 2.08. The minimum atomic E-state index is -1.02. The molecule has 12 heteroatoms. The molecule has 0 spiro atoms. The van der Waals surface area contributed by atoms with Crippen LogP contribution in [0.4, 0.5) is 0 Å². The lowest BCUT2D eigenvalue weighted by molar-refractivity contribution is -0.163. The zero-order chi connectivity index (χ0) is 25.7. The maximum Gasteiger partial charge on any atom is 0.317 e. The minimum Gasteiger partial charge on any atom is -0.465 e. The maximum atomic E-state index is 12.1. The lowest BCUT2D eigenvalue weighted by Crippen LogP contribution is -2.37. The third-order valence-electron chi connectivity index (χ3n) is 3.95. The van der Waals surface area contributed by atoms with Crippen molar-refractivity contribution in [1.82, 2.24) is 0 Å². The molecule has 0 bridgehead atoms. The molecule has 188 valence electrons. The van der Waals surface area contributed by atoms with Gasteiger partial charge >= 0.3 is 35.8 Å². The van der Waals surface area contributed by atoms with E-state index in [4.69, 9.17) is 28.4 Å². The van der Waals surface area contributed by atoms with E-state index in [9.17, 15) is 28.8 Å². The van der Waals surface area contributed by atoms with Crippen molar-refractivity contribution in [2.24, 2.45) is 10.8 Å². The Labute approximate surface area is 192 Å². The third-order valence-corrected chi connectivity index (χ3v) is 3.95. The normalized spacial score (nSPS) is 11.1. The Morgan fingerprint density at radius 2 is 0.667 bits per heavy atom. The van der Waals surface area contributed by atoms with Gasteiger partial charge in [-0.3, -0.25) is 28.8 Å². The number of carbonyl (C=O) groups is 6. The number of esters is 6. The molecule has 12 nitrogen and oxygen atoms in total. The van der Waals surface area contributed by atoms with Crippen LogP contribution in [-0.4, -0.2) is 75.5 Å². The summed E-state index contributed by atoms with van der Waals surface area (Å²) in [5.74, 6) is -4.10. The summed E-state index contributed by atoms with van der Waals surface area (Å²) in [6.45, 7) is 6.62. The molecule has 0 rings (SSSR count). The second-order valence-electron chi connectivity index (χ2n) is 8.24. The van der Waals surface area contributed by atoms with Gasteiger partial charge in [0.05, 0.1) is 10.8 Å². The SMILES string of the molecule is CC(=O)OCC(C)(COC(C)=O)COC(=O)CC(=O)OCC(C)(COC(C)=O)COC(C)=O. The molecule has 0 aromatic rings. The first-order valence-electron chi connectivity index (χ1n) is 10.0. The number of hydrogen-bond donors (Lipinski definition) is 0. The Kier molecular flexibility index (Phi) is 12.7. The van der Waals surface area contributed by atoms with E-state index in [1.807, 2.05) is 0 Å². The van der Waals surface area contributed by atoms with Gasteiger partial charge in [-0.05, 0) is 13.8 Å². The van der Waals surface area contributed by atoms with Crippen molar-refractivity contribution >= 4 is 35.8 Å². The van der Waals surface area contributed by atoms with Crippen molar-refractivity contribution in [2.75, 3.05) is 39.6 Å². The molecule has 0 aliphatic heterocycles. The van der Waals surface area contributed by atoms with Crippen LogP contribution in [0.5, 0.6) is 0 Å². The molecular formula is C21H32O12. The van der Waals surface area contributed by atoms with Crippen molar-refractivity contribution < 1.29 is 57.2 Å². The zero-order valence-corrected chi connectivity index (χ0v) is 19.8. The number of carbonyl (C=O) groups excluding carboxylic acids is 6. The van der Waals surface area contributed by atoms with Crippen LogP contribution < -0.4 is 0 Å². The lowest BCUT2D eigenvalue weighted by atomic mass is 9.94. The predicted molar refractivity (Wildman–Crippen MR) is 109 cm³/mol. The van der Waals surface area contributed by atoms with E-state index >= 15 is 0 Å².